The molecule has 0 saturated heterocycles. The van der Waals surface area contributed by atoms with E-state index >= 15 is 0 Å². The lowest BCUT2D eigenvalue weighted by atomic mass is 10.0. The molecule has 0 unspecified atom stereocenters. The summed E-state index contributed by atoms with van der Waals surface area (Å²) in [5.41, 5.74) is 3.80. The number of furan rings is 1. The van der Waals surface area contributed by atoms with Crippen LogP contribution in [-0.4, -0.2) is 33.1 Å². The van der Waals surface area contributed by atoms with Crippen molar-refractivity contribution in [2.75, 3.05) is 16.8 Å². The van der Waals surface area contributed by atoms with Gasteiger partial charge in [-0.05, 0) is 52.0 Å². The lowest BCUT2D eigenvalue weighted by molar-refractivity contribution is -0.115. The molecule has 0 saturated carbocycles. The lowest BCUT2D eigenvalue weighted by Crippen LogP contribution is -2.42. The molecule has 8 heteroatoms. The topological polar surface area (TPSA) is 93.3 Å². The van der Waals surface area contributed by atoms with E-state index in [4.69, 9.17) is 9.40 Å². The number of nitrogens with one attached hydrogen (secondary N) is 1. The van der Waals surface area contributed by atoms with Crippen molar-refractivity contribution in [3.8, 4) is 11.3 Å². The normalized spacial score (nSPS) is 13.5. The van der Waals surface area contributed by atoms with Crippen LogP contribution in [0.25, 0.3) is 22.3 Å². The van der Waals surface area contributed by atoms with E-state index in [0.29, 0.717) is 33.7 Å². The molecule has 4 aromatic rings. The number of aryl methyl sites for hydroxylation is 2. The number of hydrogen-bond acceptors (Lipinski definition) is 5. The zero-order valence-corrected chi connectivity index (χ0v) is 18.3. The first-order valence-electron chi connectivity index (χ1n) is 10.5. The first-order chi connectivity index (χ1) is 15.3. The quantitative estimate of drug-likeness (QED) is 0.518. The van der Waals surface area contributed by atoms with Crippen LogP contribution >= 0.6 is 0 Å². The standard InChI is InChI=1S/C24H23N5O3/c1-13(2)29-23-18(11-25-29)17(10-20(27-23)16-9-14(3)32-15(16)4)24(31)28-12-22(30)26-19-7-5-6-8-21(19)28/h5-11,13H,12H2,1-4H3,(H,26,30). The van der Waals surface area contributed by atoms with Crippen LogP contribution in [0.2, 0.25) is 0 Å². The van der Waals surface area contributed by atoms with Crippen molar-refractivity contribution in [3.05, 3.63) is 59.7 Å². The van der Waals surface area contributed by atoms with Gasteiger partial charge in [0.1, 0.15) is 18.1 Å². The highest BCUT2D eigenvalue weighted by Gasteiger charge is 2.30. The van der Waals surface area contributed by atoms with E-state index in [-0.39, 0.29) is 24.4 Å². The number of aromatic nitrogens is 3. The Kier molecular flexibility index (Phi) is 4.58. The summed E-state index contributed by atoms with van der Waals surface area (Å²) < 4.78 is 7.51. The van der Waals surface area contributed by atoms with E-state index in [0.717, 1.165) is 17.1 Å². The van der Waals surface area contributed by atoms with E-state index in [1.807, 2.05) is 52.0 Å². The molecule has 1 N–H and O–H groups in total. The summed E-state index contributed by atoms with van der Waals surface area (Å²) in [5.74, 6) is 0.987. The van der Waals surface area contributed by atoms with Crippen LogP contribution in [-0.2, 0) is 4.79 Å². The number of hydrogen-bond donors (Lipinski definition) is 1. The van der Waals surface area contributed by atoms with Gasteiger partial charge in [-0.2, -0.15) is 5.10 Å². The predicted molar refractivity (Wildman–Crippen MR) is 122 cm³/mol. The fourth-order valence-corrected chi connectivity index (χ4v) is 4.16. The minimum atomic E-state index is -0.276. The van der Waals surface area contributed by atoms with E-state index in [1.54, 1.807) is 23.0 Å². The third-order valence-electron chi connectivity index (χ3n) is 5.62. The van der Waals surface area contributed by atoms with Crippen LogP contribution < -0.4 is 10.2 Å². The summed E-state index contributed by atoms with van der Waals surface area (Å²) >= 11 is 0. The second kappa shape index (κ2) is 7.33. The number of rotatable bonds is 3. The molecule has 0 aliphatic carbocycles. The molecule has 0 fully saturated rings. The number of fused-ring (bicyclic) bond motifs is 2. The van der Waals surface area contributed by atoms with E-state index < -0.39 is 0 Å². The first kappa shape index (κ1) is 20.0. The smallest absolute Gasteiger partial charge is 0.259 e. The third kappa shape index (κ3) is 3.15. The zero-order chi connectivity index (χ0) is 22.6. The molecular weight excluding hydrogens is 406 g/mol. The Morgan fingerprint density at radius 3 is 2.69 bits per heavy atom. The molecule has 8 nitrogen and oxygen atoms in total. The second-order valence-electron chi connectivity index (χ2n) is 8.26. The summed E-state index contributed by atoms with van der Waals surface area (Å²) in [6, 6.07) is 11.0. The van der Waals surface area contributed by atoms with Gasteiger partial charge in [0, 0.05) is 11.6 Å². The highest BCUT2D eigenvalue weighted by molar-refractivity contribution is 6.19. The van der Waals surface area contributed by atoms with Gasteiger partial charge in [0.25, 0.3) is 5.91 Å². The zero-order valence-electron chi connectivity index (χ0n) is 18.3. The summed E-state index contributed by atoms with van der Waals surface area (Å²) in [4.78, 5) is 32.5. The summed E-state index contributed by atoms with van der Waals surface area (Å²) in [7, 11) is 0. The largest absolute Gasteiger partial charge is 0.466 e. The van der Waals surface area contributed by atoms with E-state index in [1.165, 1.54) is 4.90 Å². The van der Waals surface area contributed by atoms with Gasteiger partial charge in [-0.25, -0.2) is 9.67 Å². The molecule has 0 spiro atoms. The van der Waals surface area contributed by atoms with Crippen molar-refractivity contribution in [2.45, 2.75) is 33.7 Å². The van der Waals surface area contributed by atoms with Crippen LogP contribution in [0.5, 0.6) is 0 Å². The van der Waals surface area contributed by atoms with Crippen molar-refractivity contribution in [2.24, 2.45) is 0 Å². The Bertz CT molecular complexity index is 1380. The lowest BCUT2D eigenvalue weighted by Gasteiger charge is -2.29. The molecule has 3 aromatic heterocycles. The van der Waals surface area contributed by atoms with Crippen LogP contribution in [0.3, 0.4) is 0 Å². The van der Waals surface area contributed by atoms with Crippen LogP contribution in [0.15, 0.2) is 47.0 Å². The number of nitrogens with zero attached hydrogens (tertiary/aromatic N) is 4. The maximum absolute atomic E-state index is 13.8. The molecule has 162 valence electrons. The van der Waals surface area contributed by atoms with Gasteiger partial charge in [0.15, 0.2) is 5.65 Å². The van der Waals surface area contributed by atoms with Crippen molar-refractivity contribution < 1.29 is 14.0 Å². The van der Waals surface area contributed by atoms with Gasteiger partial charge < -0.3 is 9.73 Å². The molecule has 32 heavy (non-hydrogen) atoms. The van der Waals surface area contributed by atoms with Gasteiger partial charge in [-0.3, -0.25) is 14.5 Å². The molecule has 5 rings (SSSR count). The molecule has 0 atom stereocenters. The minimum Gasteiger partial charge on any atom is -0.466 e. The van der Waals surface area contributed by atoms with Crippen molar-refractivity contribution in [1.29, 1.82) is 0 Å². The molecular formula is C24H23N5O3. The average molecular weight is 429 g/mol. The second-order valence-corrected chi connectivity index (χ2v) is 8.26. The number of carbonyl (C=O) groups is 2. The highest BCUT2D eigenvalue weighted by atomic mass is 16.3. The summed E-state index contributed by atoms with van der Waals surface area (Å²) in [6.07, 6.45) is 1.67. The Morgan fingerprint density at radius 1 is 1.19 bits per heavy atom. The van der Waals surface area contributed by atoms with E-state index in [9.17, 15) is 9.59 Å². The maximum atomic E-state index is 13.8. The summed E-state index contributed by atoms with van der Waals surface area (Å²) in [6.45, 7) is 7.72. The Morgan fingerprint density at radius 2 is 1.97 bits per heavy atom. The van der Waals surface area contributed by atoms with Gasteiger partial charge in [0.2, 0.25) is 5.91 Å². The molecule has 1 aliphatic heterocycles. The van der Waals surface area contributed by atoms with Gasteiger partial charge in [-0.1, -0.05) is 12.1 Å². The number of pyridine rings is 1. The maximum Gasteiger partial charge on any atom is 0.259 e. The average Bonchev–Trinajstić information content (AvgIpc) is 3.34. The number of benzene rings is 1. The Hall–Kier alpha value is -3.94. The SMILES string of the molecule is Cc1cc(-c2cc(C(=O)N3CC(=O)Nc4ccccc43)c3cnn(C(C)C)c3n2)c(C)o1. The Balaban J connectivity index is 1.72. The monoisotopic (exact) mass is 429 g/mol. The van der Waals surface area contributed by atoms with Gasteiger partial charge in [-0.15, -0.1) is 0 Å². The van der Waals surface area contributed by atoms with Crippen LogP contribution in [0, 0.1) is 13.8 Å². The van der Waals surface area contributed by atoms with E-state index in [2.05, 4.69) is 10.4 Å². The van der Waals surface area contributed by atoms with Crippen molar-refractivity contribution >= 4 is 34.2 Å². The molecule has 4 heterocycles. The number of anilines is 2. The molecule has 0 bridgehead atoms. The molecule has 0 radical (unpaired) electrons. The minimum absolute atomic E-state index is 0.0584. The third-order valence-corrected chi connectivity index (χ3v) is 5.62. The van der Waals surface area contributed by atoms with Crippen molar-refractivity contribution in [3.63, 3.8) is 0 Å². The predicted octanol–water partition coefficient (Wildman–Crippen LogP) is 4.49. The van der Waals surface area contributed by atoms with Gasteiger partial charge in [0.05, 0.1) is 34.2 Å². The molecule has 2 amide bonds. The Labute approximate surface area is 184 Å². The van der Waals surface area contributed by atoms with Gasteiger partial charge >= 0.3 is 0 Å². The number of carbonyl (C=O) groups excluding carboxylic acids is 2. The highest BCUT2D eigenvalue weighted by Crippen LogP contribution is 2.34. The molecule has 1 aliphatic rings. The van der Waals surface area contributed by atoms with Crippen molar-refractivity contribution in [1.82, 2.24) is 14.8 Å². The molecule has 1 aromatic carbocycles. The van der Waals surface area contributed by atoms with Crippen LogP contribution in [0.4, 0.5) is 11.4 Å². The number of amides is 2. The fraction of sp³-hybridized carbons (Fsp3) is 0.250. The fourth-order valence-electron chi connectivity index (χ4n) is 4.16. The van der Waals surface area contributed by atoms with Crippen LogP contribution in [0.1, 0.15) is 41.8 Å². The first-order valence-corrected chi connectivity index (χ1v) is 10.5. The summed E-state index contributed by atoms with van der Waals surface area (Å²) in [5, 5.41) is 7.96. The number of para-hydroxylation sites is 2.